The first kappa shape index (κ1) is 12.3. The van der Waals surface area contributed by atoms with E-state index in [4.69, 9.17) is 5.84 Å². The van der Waals surface area contributed by atoms with E-state index in [9.17, 15) is 4.79 Å². The molecule has 1 aromatic heterocycles. The van der Waals surface area contributed by atoms with Crippen LogP contribution in [0.25, 0.3) is 0 Å². The zero-order valence-electron chi connectivity index (χ0n) is 10.5. The predicted octanol–water partition coefficient (Wildman–Crippen LogP) is 1.15. The molecule has 1 heterocycles. The summed E-state index contributed by atoms with van der Waals surface area (Å²) in [7, 11) is 0. The lowest BCUT2D eigenvalue weighted by Gasteiger charge is -2.06. The fraction of sp³-hybridized carbons (Fsp3) is 0.231. The van der Waals surface area contributed by atoms with Crippen LogP contribution in [0.15, 0.2) is 30.3 Å². The van der Waals surface area contributed by atoms with E-state index in [0.717, 1.165) is 17.0 Å². The number of aromatic nitrogens is 2. The molecule has 2 aromatic rings. The van der Waals surface area contributed by atoms with Crippen LogP contribution >= 0.6 is 0 Å². The number of nitrogens with one attached hydrogen (secondary N) is 1. The van der Waals surface area contributed by atoms with Crippen LogP contribution in [0, 0.1) is 13.8 Å². The number of hydrogen-bond acceptors (Lipinski definition) is 3. The van der Waals surface area contributed by atoms with Gasteiger partial charge in [-0.05, 0) is 37.6 Å². The second-order valence-corrected chi connectivity index (χ2v) is 4.26. The van der Waals surface area contributed by atoms with Crippen molar-refractivity contribution in [3.05, 3.63) is 52.8 Å². The van der Waals surface area contributed by atoms with Crippen LogP contribution in [0.5, 0.6) is 0 Å². The Labute approximate surface area is 106 Å². The number of aryl methyl sites for hydroxylation is 2. The number of carbonyl (C=O) groups excluding carboxylic acids is 1. The van der Waals surface area contributed by atoms with Crippen molar-refractivity contribution in [2.24, 2.45) is 5.84 Å². The number of rotatable bonds is 3. The van der Waals surface area contributed by atoms with E-state index in [0.29, 0.717) is 12.1 Å². The second-order valence-electron chi connectivity index (χ2n) is 4.26. The Morgan fingerprint density at radius 2 is 2.17 bits per heavy atom. The number of benzene rings is 1. The first-order valence-corrected chi connectivity index (χ1v) is 5.71. The first-order chi connectivity index (χ1) is 8.60. The van der Waals surface area contributed by atoms with Crippen LogP contribution in [0.3, 0.4) is 0 Å². The van der Waals surface area contributed by atoms with Gasteiger partial charge in [-0.1, -0.05) is 12.1 Å². The molecule has 1 amide bonds. The van der Waals surface area contributed by atoms with Gasteiger partial charge in [-0.15, -0.1) is 0 Å². The molecule has 0 fully saturated rings. The van der Waals surface area contributed by atoms with Gasteiger partial charge in [0.15, 0.2) is 0 Å². The normalized spacial score (nSPS) is 10.4. The SMILES string of the molecule is Cc1cc(C)n(Cc2cccc(C(=O)NN)c2)n1. The molecule has 3 N–H and O–H groups in total. The maximum absolute atomic E-state index is 11.4. The summed E-state index contributed by atoms with van der Waals surface area (Å²) < 4.78 is 1.91. The van der Waals surface area contributed by atoms with Crippen molar-refractivity contribution >= 4 is 5.91 Å². The summed E-state index contributed by atoms with van der Waals surface area (Å²) in [5.74, 6) is 4.83. The van der Waals surface area contributed by atoms with Crippen molar-refractivity contribution < 1.29 is 4.79 Å². The molecule has 0 saturated carbocycles. The molecule has 0 bridgehead atoms. The monoisotopic (exact) mass is 244 g/mol. The smallest absolute Gasteiger partial charge is 0.265 e. The van der Waals surface area contributed by atoms with E-state index in [2.05, 4.69) is 10.5 Å². The highest BCUT2D eigenvalue weighted by molar-refractivity contribution is 5.93. The van der Waals surface area contributed by atoms with Gasteiger partial charge in [0.1, 0.15) is 0 Å². The first-order valence-electron chi connectivity index (χ1n) is 5.71. The third kappa shape index (κ3) is 2.57. The molecule has 94 valence electrons. The molecule has 5 heteroatoms. The van der Waals surface area contributed by atoms with Crippen molar-refractivity contribution in [1.29, 1.82) is 0 Å². The number of nitrogen functional groups attached to an aromatic ring is 1. The van der Waals surface area contributed by atoms with Crippen LogP contribution in [-0.4, -0.2) is 15.7 Å². The van der Waals surface area contributed by atoms with Crippen LogP contribution in [0.4, 0.5) is 0 Å². The van der Waals surface area contributed by atoms with Gasteiger partial charge in [0.2, 0.25) is 0 Å². The van der Waals surface area contributed by atoms with Gasteiger partial charge >= 0.3 is 0 Å². The van der Waals surface area contributed by atoms with Crippen molar-refractivity contribution in [2.75, 3.05) is 0 Å². The number of hydrogen-bond donors (Lipinski definition) is 2. The molecule has 2 rings (SSSR count). The molecule has 0 unspecified atom stereocenters. The van der Waals surface area contributed by atoms with E-state index in [1.807, 2.05) is 42.8 Å². The largest absolute Gasteiger partial charge is 0.290 e. The van der Waals surface area contributed by atoms with Crippen molar-refractivity contribution in [3.8, 4) is 0 Å². The summed E-state index contributed by atoms with van der Waals surface area (Å²) in [6.07, 6.45) is 0. The number of nitrogens with zero attached hydrogens (tertiary/aromatic N) is 2. The Balaban J connectivity index is 2.24. The van der Waals surface area contributed by atoms with E-state index in [1.165, 1.54) is 0 Å². The van der Waals surface area contributed by atoms with E-state index in [-0.39, 0.29) is 5.91 Å². The molecule has 1 aromatic carbocycles. The van der Waals surface area contributed by atoms with Crippen molar-refractivity contribution in [2.45, 2.75) is 20.4 Å². The average molecular weight is 244 g/mol. The molecular weight excluding hydrogens is 228 g/mol. The van der Waals surface area contributed by atoms with Gasteiger partial charge in [0.25, 0.3) is 5.91 Å². The highest BCUT2D eigenvalue weighted by atomic mass is 16.2. The molecule has 0 aliphatic rings. The number of amides is 1. The lowest BCUT2D eigenvalue weighted by Crippen LogP contribution is -2.30. The van der Waals surface area contributed by atoms with Crippen LogP contribution in [0.2, 0.25) is 0 Å². The molecule has 18 heavy (non-hydrogen) atoms. The van der Waals surface area contributed by atoms with Gasteiger partial charge in [0, 0.05) is 11.3 Å². The zero-order chi connectivity index (χ0) is 13.1. The summed E-state index contributed by atoms with van der Waals surface area (Å²) in [6.45, 7) is 4.61. The third-order valence-electron chi connectivity index (χ3n) is 2.76. The van der Waals surface area contributed by atoms with Gasteiger partial charge in [-0.2, -0.15) is 5.10 Å². The highest BCUT2D eigenvalue weighted by Gasteiger charge is 2.06. The Bertz CT molecular complexity index is 574. The van der Waals surface area contributed by atoms with E-state index in [1.54, 1.807) is 6.07 Å². The minimum absolute atomic E-state index is 0.287. The molecule has 0 aliphatic carbocycles. The topological polar surface area (TPSA) is 72.9 Å². The fourth-order valence-corrected chi connectivity index (χ4v) is 1.90. The molecule has 0 atom stereocenters. The second kappa shape index (κ2) is 5.01. The summed E-state index contributed by atoms with van der Waals surface area (Å²) in [6, 6.07) is 9.37. The molecule has 0 aliphatic heterocycles. The lowest BCUT2D eigenvalue weighted by atomic mass is 10.1. The fourth-order valence-electron chi connectivity index (χ4n) is 1.90. The molecule has 0 saturated heterocycles. The lowest BCUT2D eigenvalue weighted by molar-refractivity contribution is 0.0953. The van der Waals surface area contributed by atoms with Crippen LogP contribution < -0.4 is 11.3 Å². The van der Waals surface area contributed by atoms with Gasteiger partial charge in [-0.3, -0.25) is 14.9 Å². The Morgan fingerprint density at radius 1 is 1.39 bits per heavy atom. The number of carbonyl (C=O) groups is 1. The Hall–Kier alpha value is -2.14. The molecular formula is C13H16N4O. The maximum atomic E-state index is 11.4. The van der Waals surface area contributed by atoms with Gasteiger partial charge in [-0.25, -0.2) is 5.84 Å². The van der Waals surface area contributed by atoms with E-state index >= 15 is 0 Å². The average Bonchev–Trinajstić information content (AvgIpc) is 2.67. The summed E-state index contributed by atoms with van der Waals surface area (Å²) in [4.78, 5) is 11.4. The minimum Gasteiger partial charge on any atom is -0.290 e. The number of hydrazine groups is 1. The van der Waals surface area contributed by atoms with Crippen molar-refractivity contribution in [1.82, 2.24) is 15.2 Å². The molecule has 0 spiro atoms. The standard InChI is InChI=1S/C13H16N4O/c1-9-6-10(2)17(16-9)8-11-4-3-5-12(7-11)13(18)15-14/h3-7H,8,14H2,1-2H3,(H,15,18). The summed E-state index contributed by atoms with van der Waals surface area (Å²) in [5.41, 5.74) is 5.78. The van der Waals surface area contributed by atoms with Crippen LogP contribution in [-0.2, 0) is 6.54 Å². The quantitative estimate of drug-likeness (QED) is 0.483. The maximum Gasteiger partial charge on any atom is 0.265 e. The zero-order valence-corrected chi connectivity index (χ0v) is 10.5. The third-order valence-corrected chi connectivity index (χ3v) is 2.76. The van der Waals surface area contributed by atoms with E-state index < -0.39 is 0 Å². The van der Waals surface area contributed by atoms with Crippen LogP contribution in [0.1, 0.15) is 27.3 Å². The highest BCUT2D eigenvalue weighted by Crippen LogP contribution is 2.09. The Morgan fingerprint density at radius 3 is 2.78 bits per heavy atom. The van der Waals surface area contributed by atoms with Gasteiger partial charge < -0.3 is 0 Å². The number of nitrogens with two attached hydrogens (primary N) is 1. The van der Waals surface area contributed by atoms with Gasteiger partial charge in [0.05, 0.1) is 12.2 Å². The summed E-state index contributed by atoms with van der Waals surface area (Å²) in [5, 5.41) is 4.39. The predicted molar refractivity (Wildman–Crippen MR) is 68.9 cm³/mol. The van der Waals surface area contributed by atoms with Crippen molar-refractivity contribution in [3.63, 3.8) is 0 Å². The Kier molecular flexibility index (Phi) is 3.43. The minimum atomic E-state index is -0.287. The summed E-state index contributed by atoms with van der Waals surface area (Å²) >= 11 is 0. The molecule has 5 nitrogen and oxygen atoms in total. The molecule has 0 radical (unpaired) electrons.